The topological polar surface area (TPSA) is 87.3 Å². The Balaban J connectivity index is 0.000000249. The number of hydrogen-bond donors (Lipinski definition) is 3. The molecule has 0 aromatic rings. The van der Waals surface area contributed by atoms with Gasteiger partial charge in [-0.2, -0.15) is 0 Å². The van der Waals surface area contributed by atoms with Crippen LogP contribution in [0.4, 0.5) is 0 Å². The van der Waals surface area contributed by atoms with Gasteiger partial charge in [0.25, 0.3) is 0 Å². The molecule has 6 nitrogen and oxygen atoms in total. The van der Waals surface area contributed by atoms with Crippen LogP contribution in [0.1, 0.15) is 38.5 Å². The summed E-state index contributed by atoms with van der Waals surface area (Å²) in [5.41, 5.74) is 0. The minimum Gasteiger partial charge on any atom is -0.356 e. The first kappa shape index (κ1) is 17.8. The fraction of sp³-hybridized carbons (Fsp3) is 0.750. The lowest BCUT2D eigenvalue weighted by molar-refractivity contribution is -0.119. The maximum atomic E-state index is 10.1. The molecule has 0 aliphatic carbocycles. The van der Waals surface area contributed by atoms with Crippen LogP contribution >= 0.6 is 9.90 Å². The molecule has 3 amide bonds. The molecule has 3 aliphatic rings. The summed E-state index contributed by atoms with van der Waals surface area (Å²) in [5.74, 6) is 0.611. The molecule has 0 spiro atoms. The monoisotopic (exact) mass is 286 g/mol. The molecule has 0 unspecified atom stereocenters. The molecule has 107 valence electrons. The molecular weight excluding hydrogens is 265 g/mol. The lowest BCUT2D eigenvalue weighted by Crippen LogP contribution is -2.12. The zero-order chi connectivity index (χ0) is 13.2. The summed E-state index contributed by atoms with van der Waals surface area (Å²) in [7, 11) is 0. The van der Waals surface area contributed by atoms with Gasteiger partial charge in [-0.25, -0.2) is 0 Å². The summed E-state index contributed by atoms with van der Waals surface area (Å²) in [6.45, 7) is 2.66. The third-order valence-corrected chi connectivity index (χ3v) is 2.71. The minimum absolute atomic E-state index is 0. The van der Waals surface area contributed by atoms with Crippen molar-refractivity contribution < 1.29 is 14.4 Å². The van der Waals surface area contributed by atoms with Crippen molar-refractivity contribution in [2.45, 2.75) is 38.5 Å². The second-order valence-corrected chi connectivity index (χ2v) is 4.36. The van der Waals surface area contributed by atoms with Crippen LogP contribution in [0.25, 0.3) is 0 Å². The second kappa shape index (κ2) is 10.7. The van der Waals surface area contributed by atoms with Crippen molar-refractivity contribution in [1.29, 1.82) is 0 Å². The molecule has 0 bridgehead atoms. The Labute approximate surface area is 117 Å². The van der Waals surface area contributed by atoms with Crippen LogP contribution in [0.3, 0.4) is 0 Å². The van der Waals surface area contributed by atoms with Crippen LogP contribution in [0, 0.1) is 0 Å². The molecule has 3 saturated heterocycles. The summed E-state index contributed by atoms with van der Waals surface area (Å²) in [4.78, 5) is 30.4. The van der Waals surface area contributed by atoms with E-state index >= 15 is 0 Å². The van der Waals surface area contributed by atoms with E-state index in [2.05, 4.69) is 16.0 Å². The van der Waals surface area contributed by atoms with Crippen LogP contribution in [0.15, 0.2) is 0 Å². The number of amides is 3. The number of carbonyl (C=O) groups is 3. The van der Waals surface area contributed by atoms with Gasteiger partial charge in [-0.05, 0) is 19.3 Å². The largest absolute Gasteiger partial charge is 0.356 e. The van der Waals surface area contributed by atoms with Crippen molar-refractivity contribution >= 4 is 27.6 Å². The van der Waals surface area contributed by atoms with Crippen molar-refractivity contribution in [2.24, 2.45) is 0 Å². The predicted octanol–water partition coefficient (Wildman–Crippen LogP) is 0.550. The van der Waals surface area contributed by atoms with Gasteiger partial charge >= 0.3 is 0 Å². The van der Waals surface area contributed by atoms with Crippen molar-refractivity contribution in [3.8, 4) is 0 Å². The average molecular weight is 286 g/mol. The number of carbonyl (C=O) groups excluding carboxylic acids is 3. The number of hydrogen-bond acceptors (Lipinski definition) is 3. The van der Waals surface area contributed by atoms with Crippen LogP contribution in [-0.4, -0.2) is 37.4 Å². The molecule has 3 heterocycles. The molecule has 0 atom stereocenters. The zero-order valence-corrected chi connectivity index (χ0v) is 11.9. The highest BCUT2D eigenvalue weighted by Gasteiger charge is 2.06. The van der Waals surface area contributed by atoms with Crippen LogP contribution in [0.2, 0.25) is 0 Å². The third kappa shape index (κ3) is 9.42. The van der Waals surface area contributed by atoms with Gasteiger partial charge in [0, 0.05) is 48.8 Å². The molecule has 0 saturated carbocycles. The second-order valence-electron chi connectivity index (χ2n) is 4.36. The van der Waals surface area contributed by atoms with Gasteiger partial charge < -0.3 is 16.0 Å². The summed E-state index contributed by atoms with van der Waals surface area (Å²) >= 11 is 0. The smallest absolute Gasteiger partial charge is 0.220 e. The maximum absolute atomic E-state index is 10.1. The standard InChI is InChI=1S/3C4H7NO.P/c3*6-4-2-1-3-5-4;/h3*1-3H2,(H,5,6);. The molecule has 3 radical (unpaired) electrons. The van der Waals surface area contributed by atoms with E-state index < -0.39 is 0 Å². The molecule has 7 heteroatoms. The Bertz CT molecular complexity index is 239. The third-order valence-electron chi connectivity index (χ3n) is 2.71. The van der Waals surface area contributed by atoms with E-state index in [1.54, 1.807) is 0 Å². The highest BCUT2D eigenvalue weighted by Crippen LogP contribution is 1.94. The summed E-state index contributed by atoms with van der Waals surface area (Å²) in [6.07, 6.45) is 5.29. The SMILES string of the molecule is O=C1CCCN1.O=C1CCCN1.O=C1CCCN1.[P]. The van der Waals surface area contributed by atoms with E-state index in [1.807, 2.05) is 0 Å². The first-order valence-corrected chi connectivity index (χ1v) is 6.48. The average Bonchev–Trinajstić information content (AvgIpc) is 3.05. The Morgan fingerprint density at radius 3 is 0.895 bits per heavy atom. The van der Waals surface area contributed by atoms with Crippen molar-refractivity contribution in [3.05, 3.63) is 0 Å². The van der Waals surface area contributed by atoms with Gasteiger partial charge in [0.2, 0.25) is 17.7 Å². The number of rotatable bonds is 0. The summed E-state index contributed by atoms with van der Waals surface area (Å²) < 4.78 is 0. The molecule has 3 rings (SSSR count). The van der Waals surface area contributed by atoms with Gasteiger partial charge in [-0.1, -0.05) is 0 Å². The van der Waals surface area contributed by atoms with Gasteiger partial charge in [0.05, 0.1) is 0 Å². The molecule has 0 aromatic heterocycles. The lowest BCUT2D eigenvalue weighted by Gasteiger charge is -1.80. The zero-order valence-electron chi connectivity index (χ0n) is 11.0. The predicted molar refractivity (Wildman–Crippen MR) is 73.7 cm³/mol. The Morgan fingerprint density at radius 1 is 0.579 bits per heavy atom. The Hall–Kier alpha value is -1.16. The van der Waals surface area contributed by atoms with Crippen molar-refractivity contribution in [1.82, 2.24) is 16.0 Å². The number of nitrogens with one attached hydrogen (secondary N) is 3. The first-order valence-electron chi connectivity index (χ1n) is 6.48. The van der Waals surface area contributed by atoms with E-state index in [0.29, 0.717) is 0 Å². The van der Waals surface area contributed by atoms with Crippen LogP contribution < -0.4 is 16.0 Å². The fourth-order valence-electron chi connectivity index (χ4n) is 1.70. The van der Waals surface area contributed by atoms with Crippen molar-refractivity contribution in [3.63, 3.8) is 0 Å². The summed E-state index contributed by atoms with van der Waals surface area (Å²) in [6, 6.07) is 0. The van der Waals surface area contributed by atoms with E-state index in [1.165, 1.54) is 0 Å². The van der Waals surface area contributed by atoms with E-state index in [-0.39, 0.29) is 27.6 Å². The highest BCUT2D eigenvalue weighted by molar-refractivity contribution is 6.92. The van der Waals surface area contributed by atoms with Crippen molar-refractivity contribution in [2.75, 3.05) is 19.6 Å². The van der Waals surface area contributed by atoms with Gasteiger partial charge in [0.1, 0.15) is 0 Å². The molecule has 3 fully saturated rings. The molecule has 0 aromatic carbocycles. The van der Waals surface area contributed by atoms with Gasteiger partial charge in [-0.15, -0.1) is 0 Å². The summed E-state index contributed by atoms with van der Waals surface area (Å²) in [5, 5.41) is 8.04. The van der Waals surface area contributed by atoms with E-state index in [4.69, 9.17) is 0 Å². The normalized spacial score (nSPS) is 19.9. The molecular formula is C12H21N3O3P. The quantitative estimate of drug-likeness (QED) is 0.568. The highest BCUT2D eigenvalue weighted by atomic mass is 31.0. The van der Waals surface area contributed by atoms with E-state index in [0.717, 1.165) is 58.2 Å². The van der Waals surface area contributed by atoms with E-state index in [9.17, 15) is 14.4 Å². The van der Waals surface area contributed by atoms with Gasteiger partial charge in [-0.3, -0.25) is 14.4 Å². The van der Waals surface area contributed by atoms with Crippen LogP contribution in [0.5, 0.6) is 0 Å². The maximum Gasteiger partial charge on any atom is 0.220 e. The molecule has 19 heavy (non-hydrogen) atoms. The minimum atomic E-state index is 0. The van der Waals surface area contributed by atoms with Crippen LogP contribution in [-0.2, 0) is 14.4 Å². The Morgan fingerprint density at radius 2 is 0.842 bits per heavy atom. The molecule has 3 aliphatic heterocycles. The molecule has 3 N–H and O–H groups in total. The first-order chi connectivity index (χ1) is 8.68. The van der Waals surface area contributed by atoms with Gasteiger partial charge in [0.15, 0.2) is 0 Å². The Kier molecular flexibility index (Phi) is 10.1. The fourth-order valence-corrected chi connectivity index (χ4v) is 1.70. The lowest BCUT2D eigenvalue weighted by atomic mass is 10.4.